The van der Waals surface area contributed by atoms with Crippen LogP contribution in [-0.2, 0) is 0 Å². The third-order valence-electron chi connectivity index (χ3n) is 2.83. The van der Waals surface area contributed by atoms with Crippen LogP contribution in [0.4, 0.5) is 4.39 Å². The van der Waals surface area contributed by atoms with Gasteiger partial charge in [-0.2, -0.15) is 0 Å². The van der Waals surface area contributed by atoms with Crippen LogP contribution in [0.25, 0.3) is 34.0 Å². The standard InChI is InChI=1S/C14H7FN2O2/c15-8-5-6-10-12(7-8)19-14(17-10)13-16-9-3-1-2-4-11(9)18-13/h1-7H. The van der Waals surface area contributed by atoms with Crippen LogP contribution in [0.3, 0.4) is 0 Å². The maximum Gasteiger partial charge on any atom is 0.284 e. The van der Waals surface area contributed by atoms with Gasteiger partial charge in [-0.15, -0.1) is 0 Å². The topological polar surface area (TPSA) is 52.1 Å². The van der Waals surface area contributed by atoms with Gasteiger partial charge in [-0.1, -0.05) is 12.1 Å². The number of benzene rings is 2. The summed E-state index contributed by atoms with van der Waals surface area (Å²) >= 11 is 0. The minimum absolute atomic E-state index is 0.247. The van der Waals surface area contributed by atoms with Crippen LogP contribution >= 0.6 is 0 Å². The summed E-state index contributed by atoms with van der Waals surface area (Å²) < 4.78 is 24.1. The van der Waals surface area contributed by atoms with Crippen LogP contribution in [0.2, 0.25) is 0 Å². The second kappa shape index (κ2) is 3.65. The molecule has 0 unspecified atom stereocenters. The number of fused-ring (bicyclic) bond motifs is 2. The largest absolute Gasteiger partial charge is 0.432 e. The predicted molar refractivity (Wildman–Crippen MR) is 67.0 cm³/mol. The van der Waals surface area contributed by atoms with Crippen LogP contribution < -0.4 is 0 Å². The molecular formula is C14H7FN2O2. The number of para-hydroxylation sites is 2. The van der Waals surface area contributed by atoms with E-state index in [1.54, 1.807) is 6.07 Å². The maximum absolute atomic E-state index is 13.1. The number of oxazole rings is 2. The number of nitrogens with zero attached hydrogens (tertiary/aromatic N) is 2. The minimum Gasteiger partial charge on any atom is -0.432 e. The SMILES string of the molecule is Fc1ccc2nc(-c3nc4ccccc4o3)oc2c1. The Bertz CT molecular complexity index is 862. The molecule has 4 aromatic rings. The van der Waals surface area contributed by atoms with Crippen molar-refractivity contribution in [2.24, 2.45) is 0 Å². The Labute approximate surface area is 106 Å². The molecule has 0 radical (unpaired) electrons. The average Bonchev–Trinajstić information content (AvgIpc) is 3.00. The van der Waals surface area contributed by atoms with Gasteiger partial charge in [0.25, 0.3) is 11.8 Å². The number of hydrogen-bond acceptors (Lipinski definition) is 4. The van der Waals surface area contributed by atoms with Gasteiger partial charge in [0.05, 0.1) is 0 Å². The highest BCUT2D eigenvalue weighted by atomic mass is 19.1. The Balaban J connectivity index is 1.93. The highest BCUT2D eigenvalue weighted by molar-refractivity contribution is 5.78. The highest BCUT2D eigenvalue weighted by Crippen LogP contribution is 2.27. The van der Waals surface area contributed by atoms with Crippen molar-refractivity contribution in [2.45, 2.75) is 0 Å². The Kier molecular flexibility index (Phi) is 1.97. The Morgan fingerprint density at radius 3 is 2.26 bits per heavy atom. The van der Waals surface area contributed by atoms with Crippen molar-refractivity contribution in [2.75, 3.05) is 0 Å². The van der Waals surface area contributed by atoms with E-state index in [0.29, 0.717) is 16.7 Å². The molecule has 4 rings (SSSR count). The quantitative estimate of drug-likeness (QED) is 0.518. The molecule has 0 N–H and O–H groups in total. The zero-order chi connectivity index (χ0) is 12.8. The van der Waals surface area contributed by atoms with Crippen LogP contribution in [0.1, 0.15) is 0 Å². The molecule has 0 saturated carbocycles. The van der Waals surface area contributed by atoms with E-state index in [1.165, 1.54) is 12.1 Å². The van der Waals surface area contributed by atoms with Gasteiger partial charge in [-0.05, 0) is 24.3 Å². The molecule has 2 heterocycles. The minimum atomic E-state index is -0.368. The molecule has 0 bridgehead atoms. The fourth-order valence-corrected chi connectivity index (χ4v) is 1.95. The van der Waals surface area contributed by atoms with Crippen molar-refractivity contribution in [1.29, 1.82) is 0 Å². The highest BCUT2D eigenvalue weighted by Gasteiger charge is 2.15. The molecule has 0 saturated heterocycles. The van der Waals surface area contributed by atoms with Gasteiger partial charge in [0.15, 0.2) is 11.2 Å². The van der Waals surface area contributed by atoms with Crippen LogP contribution in [0.15, 0.2) is 51.3 Å². The molecular weight excluding hydrogens is 247 g/mol. The second-order valence-corrected chi connectivity index (χ2v) is 4.12. The number of rotatable bonds is 1. The lowest BCUT2D eigenvalue weighted by Gasteiger charge is -1.85. The first-order valence-electron chi connectivity index (χ1n) is 5.72. The molecule has 0 fully saturated rings. The lowest BCUT2D eigenvalue weighted by atomic mass is 10.3. The molecule has 0 aliphatic rings. The molecule has 0 atom stereocenters. The summed E-state index contributed by atoms with van der Waals surface area (Å²) in [6, 6.07) is 11.6. The monoisotopic (exact) mass is 254 g/mol. The van der Waals surface area contributed by atoms with Gasteiger partial charge in [-0.25, -0.2) is 14.4 Å². The molecule has 92 valence electrons. The van der Waals surface area contributed by atoms with Gasteiger partial charge in [0.1, 0.15) is 16.9 Å². The number of halogens is 1. The van der Waals surface area contributed by atoms with Crippen molar-refractivity contribution in [1.82, 2.24) is 9.97 Å². The molecule has 2 aromatic heterocycles. The molecule has 0 aliphatic heterocycles. The van der Waals surface area contributed by atoms with Gasteiger partial charge in [0, 0.05) is 6.07 Å². The van der Waals surface area contributed by atoms with Crippen LogP contribution in [0, 0.1) is 5.82 Å². The van der Waals surface area contributed by atoms with Crippen molar-refractivity contribution >= 4 is 22.2 Å². The van der Waals surface area contributed by atoms with E-state index in [4.69, 9.17) is 8.83 Å². The molecule has 0 amide bonds. The van der Waals surface area contributed by atoms with E-state index in [0.717, 1.165) is 5.52 Å². The normalized spacial score (nSPS) is 11.4. The van der Waals surface area contributed by atoms with Crippen molar-refractivity contribution in [3.8, 4) is 11.8 Å². The first kappa shape index (κ1) is 10.3. The molecule has 19 heavy (non-hydrogen) atoms. The molecule has 5 heteroatoms. The molecule has 2 aromatic carbocycles. The summed E-state index contributed by atoms with van der Waals surface area (Å²) in [5, 5.41) is 0. The summed E-state index contributed by atoms with van der Waals surface area (Å²) in [6.45, 7) is 0. The van der Waals surface area contributed by atoms with E-state index in [9.17, 15) is 4.39 Å². The van der Waals surface area contributed by atoms with E-state index in [-0.39, 0.29) is 17.6 Å². The predicted octanol–water partition coefficient (Wildman–Crippen LogP) is 3.78. The second-order valence-electron chi connectivity index (χ2n) is 4.12. The zero-order valence-electron chi connectivity index (χ0n) is 9.63. The average molecular weight is 254 g/mol. The Morgan fingerprint density at radius 2 is 1.47 bits per heavy atom. The van der Waals surface area contributed by atoms with Gasteiger partial charge >= 0.3 is 0 Å². The van der Waals surface area contributed by atoms with Crippen molar-refractivity contribution in [3.63, 3.8) is 0 Å². The van der Waals surface area contributed by atoms with Gasteiger partial charge in [-0.3, -0.25) is 0 Å². The van der Waals surface area contributed by atoms with Crippen LogP contribution in [0.5, 0.6) is 0 Å². The summed E-state index contributed by atoms with van der Waals surface area (Å²) in [5.41, 5.74) is 2.33. The zero-order valence-corrected chi connectivity index (χ0v) is 9.63. The first-order valence-corrected chi connectivity index (χ1v) is 5.72. The Hall–Kier alpha value is -2.69. The third kappa shape index (κ3) is 1.59. The first-order chi connectivity index (χ1) is 9.29. The van der Waals surface area contributed by atoms with E-state index in [2.05, 4.69) is 9.97 Å². The molecule has 0 aliphatic carbocycles. The summed E-state index contributed by atoms with van der Waals surface area (Å²) in [6.07, 6.45) is 0. The van der Waals surface area contributed by atoms with E-state index >= 15 is 0 Å². The van der Waals surface area contributed by atoms with Crippen molar-refractivity contribution in [3.05, 3.63) is 48.3 Å². The number of aromatic nitrogens is 2. The molecule has 0 spiro atoms. The number of hydrogen-bond donors (Lipinski definition) is 0. The molecule has 4 nitrogen and oxygen atoms in total. The Morgan fingerprint density at radius 1 is 0.789 bits per heavy atom. The van der Waals surface area contributed by atoms with Gasteiger partial charge < -0.3 is 8.83 Å². The summed E-state index contributed by atoms with van der Waals surface area (Å²) in [4.78, 5) is 8.51. The smallest absolute Gasteiger partial charge is 0.284 e. The van der Waals surface area contributed by atoms with Gasteiger partial charge in [0.2, 0.25) is 0 Å². The lowest BCUT2D eigenvalue weighted by molar-refractivity contribution is 0.547. The van der Waals surface area contributed by atoms with Crippen molar-refractivity contribution < 1.29 is 13.2 Å². The fraction of sp³-hybridized carbons (Fsp3) is 0. The fourth-order valence-electron chi connectivity index (χ4n) is 1.95. The lowest BCUT2D eigenvalue weighted by Crippen LogP contribution is -1.75. The summed E-state index contributed by atoms with van der Waals surface area (Å²) in [7, 11) is 0. The van der Waals surface area contributed by atoms with E-state index in [1.807, 2.05) is 24.3 Å². The van der Waals surface area contributed by atoms with E-state index < -0.39 is 0 Å². The van der Waals surface area contributed by atoms with Crippen LogP contribution in [-0.4, -0.2) is 9.97 Å². The summed E-state index contributed by atoms with van der Waals surface area (Å²) in [5.74, 6) is 0.169. The third-order valence-corrected chi connectivity index (χ3v) is 2.83. The maximum atomic E-state index is 13.1.